The fourth-order valence-electron chi connectivity index (χ4n) is 1.41. The number of rotatable bonds is 0. The lowest BCUT2D eigenvalue weighted by Gasteiger charge is -2.26. The van der Waals surface area contributed by atoms with Crippen LogP contribution in [-0.2, 0) is 0 Å². The van der Waals surface area contributed by atoms with Crippen molar-refractivity contribution in [2.24, 2.45) is 5.41 Å². The average molecular weight is 158 g/mol. The van der Waals surface area contributed by atoms with Gasteiger partial charge in [-0.3, -0.25) is 0 Å². The zero-order valence-electron chi connectivity index (χ0n) is 7.15. The van der Waals surface area contributed by atoms with E-state index < -0.39 is 0 Å². The summed E-state index contributed by atoms with van der Waals surface area (Å²) in [6.07, 6.45) is 5.78. The molecule has 0 unspecified atom stereocenters. The molecule has 1 aliphatic rings. The molecule has 0 spiro atoms. The summed E-state index contributed by atoms with van der Waals surface area (Å²) >= 11 is 2.14. The van der Waals surface area contributed by atoms with E-state index in [1.165, 1.54) is 37.2 Å². The van der Waals surface area contributed by atoms with Gasteiger partial charge in [0.25, 0.3) is 0 Å². The maximum Gasteiger partial charge on any atom is -0.00161 e. The normalized spacial score (nSPS) is 27.0. The van der Waals surface area contributed by atoms with Gasteiger partial charge in [0.15, 0.2) is 0 Å². The quantitative estimate of drug-likeness (QED) is 0.521. The summed E-state index contributed by atoms with van der Waals surface area (Å²) in [4.78, 5) is 0. The predicted molar refractivity (Wildman–Crippen MR) is 49.6 cm³/mol. The van der Waals surface area contributed by atoms with Gasteiger partial charge in [-0.2, -0.15) is 11.8 Å². The number of hydrogen-bond acceptors (Lipinski definition) is 1. The highest BCUT2D eigenvalue weighted by Crippen LogP contribution is 2.30. The first kappa shape index (κ1) is 8.45. The van der Waals surface area contributed by atoms with Crippen LogP contribution in [0.2, 0.25) is 0 Å². The summed E-state index contributed by atoms with van der Waals surface area (Å²) in [5, 5.41) is 0. The van der Waals surface area contributed by atoms with E-state index in [2.05, 4.69) is 25.6 Å². The van der Waals surface area contributed by atoms with Gasteiger partial charge in [0.05, 0.1) is 0 Å². The molecule has 0 radical (unpaired) electrons. The molecule has 0 nitrogen and oxygen atoms in total. The molecule has 1 heteroatoms. The van der Waals surface area contributed by atoms with E-state index in [0.29, 0.717) is 5.41 Å². The molecule has 0 atom stereocenters. The van der Waals surface area contributed by atoms with Crippen molar-refractivity contribution in [2.45, 2.75) is 39.5 Å². The van der Waals surface area contributed by atoms with E-state index in [1.54, 1.807) is 0 Å². The molecule has 10 heavy (non-hydrogen) atoms. The van der Waals surface area contributed by atoms with E-state index in [9.17, 15) is 0 Å². The summed E-state index contributed by atoms with van der Waals surface area (Å²) in [6.45, 7) is 4.79. The molecular formula is C9H18S. The van der Waals surface area contributed by atoms with Gasteiger partial charge in [0.2, 0.25) is 0 Å². The summed E-state index contributed by atoms with van der Waals surface area (Å²) in [5.41, 5.74) is 0.616. The molecule has 0 amide bonds. The second kappa shape index (κ2) is 3.66. The molecule has 1 fully saturated rings. The molecule has 0 aliphatic carbocycles. The highest BCUT2D eigenvalue weighted by molar-refractivity contribution is 7.99. The van der Waals surface area contributed by atoms with Crippen molar-refractivity contribution in [3.63, 3.8) is 0 Å². The van der Waals surface area contributed by atoms with Crippen molar-refractivity contribution in [2.75, 3.05) is 11.5 Å². The second-order valence-corrected chi connectivity index (χ2v) is 5.13. The lowest BCUT2D eigenvalue weighted by Crippen LogP contribution is -2.16. The minimum Gasteiger partial charge on any atom is -0.161 e. The van der Waals surface area contributed by atoms with Gasteiger partial charge in [-0.05, 0) is 29.8 Å². The van der Waals surface area contributed by atoms with Crippen LogP contribution in [0.3, 0.4) is 0 Å². The second-order valence-electron chi connectivity index (χ2n) is 4.03. The van der Waals surface area contributed by atoms with Crippen LogP contribution in [-0.4, -0.2) is 11.5 Å². The predicted octanol–water partition coefficient (Wildman–Crippen LogP) is 3.32. The number of thioether (sulfide) groups is 1. The summed E-state index contributed by atoms with van der Waals surface area (Å²) in [7, 11) is 0. The first-order valence-electron chi connectivity index (χ1n) is 4.28. The molecule has 1 rings (SSSR count). The molecule has 60 valence electrons. The molecule has 1 heterocycles. The molecular weight excluding hydrogens is 140 g/mol. The maximum atomic E-state index is 2.39. The molecule has 0 N–H and O–H groups in total. The zero-order valence-corrected chi connectivity index (χ0v) is 7.97. The highest BCUT2D eigenvalue weighted by Gasteiger charge is 2.18. The summed E-state index contributed by atoms with van der Waals surface area (Å²) < 4.78 is 0. The first-order chi connectivity index (χ1) is 4.71. The third kappa shape index (κ3) is 2.96. The van der Waals surface area contributed by atoms with Crippen molar-refractivity contribution in [3.05, 3.63) is 0 Å². The fraction of sp³-hybridized carbons (Fsp3) is 1.00. The van der Waals surface area contributed by atoms with Gasteiger partial charge in [-0.15, -0.1) is 0 Å². The lowest BCUT2D eigenvalue weighted by atomic mass is 9.89. The van der Waals surface area contributed by atoms with E-state index in [1.807, 2.05) is 0 Å². The molecule has 0 saturated carbocycles. The third-order valence-corrected chi connectivity index (χ3v) is 3.70. The standard InChI is InChI=1S/C9H18S/c1-9(2)6-4-3-5-7-10-8-9/h3-8H2,1-2H3. The first-order valence-corrected chi connectivity index (χ1v) is 5.44. The van der Waals surface area contributed by atoms with Crippen LogP contribution in [0.1, 0.15) is 39.5 Å². The van der Waals surface area contributed by atoms with Crippen LogP contribution in [0.15, 0.2) is 0 Å². The molecule has 0 aromatic heterocycles. The van der Waals surface area contributed by atoms with Crippen molar-refractivity contribution < 1.29 is 0 Å². The van der Waals surface area contributed by atoms with Crippen LogP contribution in [0.4, 0.5) is 0 Å². The molecule has 0 bridgehead atoms. The van der Waals surface area contributed by atoms with Gasteiger partial charge >= 0.3 is 0 Å². The Balaban J connectivity index is 2.30. The highest BCUT2D eigenvalue weighted by atomic mass is 32.2. The Labute approximate surface area is 68.8 Å². The molecule has 1 aliphatic heterocycles. The fourth-order valence-corrected chi connectivity index (χ4v) is 2.65. The number of hydrogen-bond donors (Lipinski definition) is 0. The van der Waals surface area contributed by atoms with E-state index in [4.69, 9.17) is 0 Å². The van der Waals surface area contributed by atoms with Gasteiger partial charge in [-0.1, -0.05) is 26.7 Å². The van der Waals surface area contributed by atoms with Gasteiger partial charge in [0, 0.05) is 0 Å². The van der Waals surface area contributed by atoms with E-state index in [0.717, 1.165) is 0 Å². The SMILES string of the molecule is CC1(C)CCCCCSC1. The van der Waals surface area contributed by atoms with Crippen molar-refractivity contribution in [1.29, 1.82) is 0 Å². The van der Waals surface area contributed by atoms with Crippen molar-refractivity contribution in [1.82, 2.24) is 0 Å². The molecule has 0 aromatic carbocycles. The third-order valence-electron chi connectivity index (χ3n) is 2.14. The Kier molecular flexibility index (Phi) is 3.09. The van der Waals surface area contributed by atoms with Gasteiger partial charge in [-0.25, -0.2) is 0 Å². The Morgan fingerprint density at radius 1 is 1.10 bits per heavy atom. The van der Waals surface area contributed by atoms with E-state index in [-0.39, 0.29) is 0 Å². The Hall–Kier alpha value is 0.350. The van der Waals surface area contributed by atoms with Crippen LogP contribution >= 0.6 is 11.8 Å². The van der Waals surface area contributed by atoms with Gasteiger partial charge < -0.3 is 0 Å². The van der Waals surface area contributed by atoms with E-state index >= 15 is 0 Å². The van der Waals surface area contributed by atoms with Crippen LogP contribution in [0.25, 0.3) is 0 Å². The molecule has 0 aromatic rings. The topological polar surface area (TPSA) is 0 Å². The Morgan fingerprint density at radius 2 is 1.90 bits per heavy atom. The van der Waals surface area contributed by atoms with Crippen LogP contribution in [0, 0.1) is 5.41 Å². The Morgan fingerprint density at radius 3 is 2.70 bits per heavy atom. The van der Waals surface area contributed by atoms with Crippen molar-refractivity contribution >= 4 is 11.8 Å². The van der Waals surface area contributed by atoms with Crippen LogP contribution < -0.4 is 0 Å². The summed E-state index contributed by atoms with van der Waals surface area (Å²) in [5.74, 6) is 2.76. The van der Waals surface area contributed by atoms with Gasteiger partial charge in [0.1, 0.15) is 0 Å². The van der Waals surface area contributed by atoms with Crippen LogP contribution in [0.5, 0.6) is 0 Å². The minimum absolute atomic E-state index is 0.616. The minimum atomic E-state index is 0.616. The lowest BCUT2D eigenvalue weighted by molar-refractivity contribution is 0.364. The van der Waals surface area contributed by atoms with Crippen molar-refractivity contribution in [3.8, 4) is 0 Å². The molecule has 1 saturated heterocycles. The maximum absolute atomic E-state index is 2.39. The average Bonchev–Trinajstić information content (AvgIpc) is 1.81. The smallest absolute Gasteiger partial charge is 0.00161 e. The zero-order chi connectivity index (χ0) is 7.45. The monoisotopic (exact) mass is 158 g/mol. The Bertz CT molecular complexity index is 86.9. The largest absolute Gasteiger partial charge is 0.161 e. The summed E-state index contributed by atoms with van der Waals surface area (Å²) in [6, 6.07) is 0.